The standard InChI is InChI=1S/C8H8Cl2N4O2/c1-3(9)14-4-5(11-7(14)10)13(2)8(16)12-6(4)15/h3H,1-2H3,(H,12,15,16). The number of H-pyrrole nitrogens is 1. The molecule has 16 heavy (non-hydrogen) atoms. The number of alkyl halides is 1. The lowest BCUT2D eigenvalue weighted by Crippen LogP contribution is -2.29. The molecule has 0 aromatic carbocycles. The highest BCUT2D eigenvalue weighted by Crippen LogP contribution is 2.22. The number of hydrogen-bond donors (Lipinski definition) is 1. The van der Waals surface area contributed by atoms with Crippen LogP contribution in [0, 0.1) is 0 Å². The minimum Gasteiger partial charge on any atom is -0.292 e. The Morgan fingerprint density at radius 3 is 2.62 bits per heavy atom. The third kappa shape index (κ3) is 1.45. The molecule has 0 radical (unpaired) electrons. The fourth-order valence-electron chi connectivity index (χ4n) is 1.50. The monoisotopic (exact) mass is 262 g/mol. The van der Waals surface area contributed by atoms with Crippen molar-refractivity contribution in [1.82, 2.24) is 19.1 Å². The fourth-order valence-corrected chi connectivity index (χ4v) is 2.05. The molecule has 0 bridgehead atoms. The Morgan fingerprint density at radius 1 is 1.44 bits per heavy atom. The molecular weight excluding hydrogens is 255 g/mol. The summed E-state index contributed by atoms with van der Waals surface area (Å²) in [4.78, 5) is 29.1. The predicted octanol–water partition coefficient (Wildman–Crippen LogP) is 0.834. The number of nitrogens with zero attached hydrogens (tertiary/aromatic N) is 3. The lowest BCUT2D eigenvalue weighted by atomic mass is 10.5. The molecule has 2 rings (SSSR count). The molecule has 0 aliphatic carbocycles. The molecule has 0 amide bonds. The van der Waals surface area contributed by atoms with E-state index in [2.05, 4.69) is 9.97 Å². The Kier molecular flexibility index (Phi) is 2.55. The Hall–Kier alpha value is -1.27. The summed E-state index contributed by atoms with van der Waals surface area (Å²) < 4.78 is 2.56. The van der Waals surface area contributed by atoms with Gasteiger partial charge in [0.25, 0.3) is 5.56 Å². The van der Waals surface area contributed by atoms with E-state index < -0.39 is 16.8 Å². The van der Waals surface area contributed by atoms with Crippen LogP contribution >= 0.6 is 23.2 Å². The molecule has 0 saturated heterocycles. The molecule has 0 fully saturated rings. The van der Waals surface area contributed by atoms with E-state index in [1.165, 1.54) is 16.2 Å². The van der Waals surface area contributed by atoms with E-state index in [4.69, 9.17) is 23.2 Å². The molecular formula is C8H8Cl2N4O2. The predicted molar refractivity (Wildman–Crippen MR) is 61.2 cm³/mol. The van der Waals surface area contributed by atoms with Crippen LogP contribution in [0.1, 0.15) is 12.4 Å². The van der Waals surface area contributed by atoms with E-state index in [0.717, 1.165) is 0 Å². The minimum absolute atomic E-state index is 0.0733. The number of nitrogens with one attached hydrogen (secondary N) is 1. The molecule has 1 N–H and O–H groups in total. The molecule has 0 saturated carbocycles. The first-order chi connectivity index (χ1) is 7.43. The molecule has 2 aromatic heterocycles. The number of aromatic amines is 1. The SMILES string of the molecule is CC(Cl)n1c(Cl)nc2c1c(=O)[nH]c(=O)n2C. The van der Waals surface area contributed by atoms with Crippen molar-refractivity contribution in [3.05, 3.63) is 26.1 Å². The van der Waals surface area contributed by atoms with Gasteiger partial charge in [0.15, 0.2) is 11.2 Å². The number of imidazole rings is 1. The van der Waals surface area contributed by atoms with E-state index >= 15 is 0 Å². The lowest BCUT2D eigenvalue weighted by Gasteiger charge is -2.06. The van der Waals surface area contributed by atoms with Gasteiger partial charge in [0.2, 0.25) is 5.28 Å². The number of fused-ring (bicyclic) bond motifs is 1. The first kappa shape index (κ1) is 11.2. The van der Waals surface area contributed by atoms with Crippen LogP contribution in [-0.2, 0) is 7.05 Å². The average Bonchev–Trinajstić information content (AvgIpc) is 2.52. The number of hydrogen-bond acceptors (Lipinski definition) is 3. The Labute approximate surface area is 99.4 Å². The summed E-state index contributed by atoms with van der Waals surface area (Å²) in [5.74, 6) is 0. The van der Waals surface area contributed by atoms with Gasteiger partial charge in [-0.2, -0.15) is 4.98 Å². The Balaban J connectivity index is 3.07. The molecule has 2 heterocycles. The summed E-state index contributed by atoms with van der Waals surface area (Å²) in [6.07, 6.45) is 0. The Bertz CT molecular complexity index is 667. The van der Waals surface area contributed by atoms with Crippen molar-refractivity contribution in [2.24, 2.45) is 7.05 Å². The fraction of sp³-hybridized carbons (Fsp3) is 0.375. The van der Waals surface area contributed by atoms with E-state index in [1.54, 1.807) is 6.92 Å². The summed E-state index contributed by atoms with van der Waals surface area (Å²) in [5.41, 5.74) is -1.22. The van der Waals surface area contributed by atoms with Crippen LogP contribution in [0.25, 0.3) is 11.2 Å². The first-order valence-electron chi connectivity index (χ1n) is 4.44. The van der Waals surface area contributed by atoms with Gasteiger partial charge in [0.05, 0.1) is 0 Å². The van der Waals surface area contributed by atoms with Crippen LogP contribution in [0.4, 0.5) is 0 Å². The van der Waals surface area contributed by atoms with Crippen molar-refractivity contribution in [3.63, 3.8) is 0 Å². The van der Waals surface area contributed by atoms with Crippen LogP contribution in [-0.4, -0.2) is 19.1 Å². The number of aromatic nitrogens is 4. The highest BCUT2D eigenvalue weighted by molar-refractivity contribution is 6.30. The van der Waals surface area contributed by atoms with E-state index in [-0.39, 0.29) is 16.4 Å². The number of rotatable bonds is 1. The third-order valence-corrected chi connectivity index (χ3v) is 2.73. The smallest absolute Gasteiger partial charge is 0.292 e. The second kappa shape index (κ2) is 3.64. The molecule has 0 spiro atoms. The van der Waals surface area contributed by atoms with Crippen molar-refractivity contribution in [2.75, 3.05) is 0 Å². The van der Waals surface area contributed by atoms with Crippen molar-refractivity contribution >= 4 is 34.4 Å². The highest BCUT2D eigenvalue weighted by Gasteiger charge is 2.18. The highest BCUT2D eigenvalue weighted by atomic mass is 35.5. The summed E-state index contributed by atoms with van der Waals surface area (Å²) in [7, 11) is 1.49. The van der Waals surface area contributed by atoms with Gasteiger partial charge in [-0.15, -0.1) is 0 Å². The van der Waals surface area contributed by atoms with Gasteiger partial charge >= 0.3 is 5.69 Å². The largest absolute Gasteiger partial charge is 0.329 e. The van der Waals surface area contributed by atoms with Gasteiger partial charge in [-0.3, -0.25) is 18.9 Å². The van der Waals surface area contributed by atoms with E-state index in [1.807, 2.05) is 0 Å². The molecule has 0 aliphatic heterocycles. The van der Waals surface area contributed by atoms with Crippen LogP contribution < -0.4 is 11.2 Å². The van der Waals surface area contributed by atoms with Crippen LogP contribution in [0.15, 0.2) is 9.59 Å². The van der Waals surface area contributed by atoms with Crippen LogP contribution in [0.3, 0.4) is 0 Å². The molecule has 1 atom stereocenters. The maximum atomic E-state index is 11.6. The van der Waals surface area contributed by atoms with E-state index in [9.17, 15) is 9.59 Å². The molecule has 1 unspecified atom stereocenters. The average molecular weight is 263 g/mol. The van der Waals surface area contributed by atoms with Gasteiger partial charge in [-0.1, -0.05) is 11.6 Å². The zero-order valence-electron chi connectivity index (χ0n) is 8.49. The zero-order valence-corrected chi connectivity index (χ0v) is 10.0. The lowest BCUT2D eigenvalue weighted by molar-refractivity contribution is 0.745. The maximum absolute atomic E-state index is 11.6. The maximum Gasteiger partial charge on any atom is 0.329 e. The second-order valence-electron chi connectivity index (χ2n) is 3.32. The van der Waals surface area contributed by atoms with Crippen molar-refractivity contribution in [3.8, 4) is 0 Å². The van der Waals surface area contributed by atoms with Crippen LogP contribution in [0.5, 0.6) is 0 Å². The summed E-state index contributed by atoms with van der Waals surface area (Å²) in [6.45, 7) is 1.65. The van der Waals surface area contributed by atoms with Gasteiger partial charge < -0.3 is 0 Å². The molecule has 8 heteroatoms. The third-order valence-electron chi connectivity index (χ3n) is 2.26. The van der Waals surface area contributed by atoms with Gasteiger partial charge in [0.1, 0.15) is 5.50 Å². The molecule has 2 aromatic rings. The summed E-state index contributed by atoms with van der Waals surface area (Å²) in [6, 6.07) is 0. The number of aryl methyl sites for hydroxylation is 1. The van der Waals surface area contributed by atoms with Crippen molar-refractivity contribution in [1.29, 1.82) is 0 Å². The number of halogens is 2. The van der Waals surface area contributed by atoms with Crippen molar-refractivity contribution in [2.45, 2.75) is 12.4 Å². The first-order valence-corrected chi connectivity index (χ1v) is 5.25. The summed E-state index contributed by atoms with van der Waals surface area (Å²) >= 11 is 11.7. The molecule has 6 nitrogen and oxygen atoms in total. The van der Waals surface area contributed by atoms with Gasteiger partial charge in [0, 0.05) is 7.05 Å². The van der Waals surface area contributed by atoms with E-state index in [0.29, 0.717) is 0 Å². The zero-order chi connectivity index (χ0) is 12.0. The topological polar surface area (TPSA) is 72.7 Å². The van der Waals surface area contributed by atoms with Crippen molar-refractivity contribution < 1.29 is 0 Å². The minimum atomic E-state index is -0.551. The van der Waals surface area contributed by atoms with Gasteiger partial charge in [-0.05, 0) is 18.5 Å². The van der Waals surface area contributed by atoms with Gasteiger partial charge in [-0.25, -0.2) is 4.79 Å². The normalized spacial score (nSPS) is 13.2. The molecule has 0 aliphatic rings. The molecule has 86 valence electrons. The Morgan fingerprint density at radius 2 is 2.06 bits per heavy atom. The quantitative estimate of drug-likeness (QED) is 0.612. The second-order valence-corrected chi connectivity index (χ2v) is 4.29. The summed E-state index contributed by atoms with van der Waals surface area (Å²) in [5, 5.41) is 0.0733. The van der Waals surface area contributed by atoms with Crippen LogP contribution in [0.2, 0.25) is 5.28 Å².